The van der Waals surface area contributed by atoms with Gasteiger partial charge in [0.05, 0.1) is 6.10 Å². The maximum absolute atomic E-state index is 10.9. The fourth-order valence-corrected chi connectivity index (χ4v) is 3.28. The summed E-state index contributed by atoms with van der Waals surface area (Å²) in [7, 11) is 0.377. The van der Waals surface area contributed by atoms with Crippen molar-refractivity contribution in [3.8, 4) is 0 Å². The molecule has 2 rings (SSSR count). The first-order valence-electron chi connectivity index (χ1n) is 3.15. The normalized spacial score (nSPS) is 39.2. The Kier molecular flexibility index (Phi) is 1.08. The lowest BCUT2D eigenvalue weighted by atomic mass is 10.3. The van der Waals surface area contributed by atoms with Gasteiger partial charge in [-0.3, -0.25) is 0 Å². The third-order valence-corrected chi connectivity index (χ3v) is 3.97. The molecule has 0 N–H and O–H groups in total. The van der Waals surface area contributed by atoms with Crippen molar-refractivity contribution >= 4 is 7.80 Å². The van der Waals surface area contributed by atoms with Gasteiger partial charge in [0.2, 0.25) is 0 Å². The summed E-state index contributed by atoms with van der Waals surface area (Å²) in [6.07, 6.45) is 2.33. The lowest BCUT2D eigenvalue weighted by Crippen LogP contribution is -2.04. The minimum absolute atomic E-state index is 0.228. The molecule has 1 aliphatic heterocycles. The molecule has 2 aliphatic rings. The Morgan fingerprint density at radius 2 is 2.56 bits per heavy atom. The summed E-state index contributed by atoms with van der Waals surface area (Å²) in [5, 5.41) is 2.38. The SMILES string of the molecule is COC1CCC2=C1[PH]2=O. The van der Waals surface area contributed by atoms with Crippen LogP contribution in [0, 0.1) is 0 Å². The highest BCUT2D eigenvalue weighted by Gasteiger charge is 2.43. The van der Waals surface area contributed by atoms with E-state index in [1.165, 1.54) is 5.31 Å². The zero-order valence-electron chi connectivity index (χ0n) is 5.31. The molecular weight excluding hydrogens is 135 g/mol. The van der Waals surface area contributed by atoms with Gasteiger partial charge < -0.3 is 9.30 Å². The molecule has 0 saturated heterocycles. The summed E-state index contributed by atoms with van der Waals surface area (Å²) in [6.45, 7) is 0. The molecule has 3 heteroatoms. The Bertz CT molecular complexity index is 207. The monoisotopic (exact) mass is 144 g/mol. The summed E-state index contributed by atoms with van der Waals surface area (Å²) in [4.78, 5) is 0. The summed E-state index contributed by atoms with van der Waals surface area (Å²) in [5.41, 5.74) is 0. The fraction of sp³-hybridized carbons (Fsp3) is 0.667. The predicted octanol–water partition coefficient (Wildman–Crippen LogP) is 1.58. The Hall–Kier alpha value is -0.0700. The van der Waals surface area contributed by atoms with E-state index >= 15 is 0 Å². The number of allylic oxidation sites excluding steroid dienone is 1. The van der Waals surface area contributed by atoms with Crippen LogP contribution in [0.4, 0.5) is 0 Å². The van der Waals surface area contributed by atoms with Gasteiger partial charge in [0.25, 0.3) is 0 Å². The van der Waals surface area contributed by atoms with Crippen molar-refractivity contribution in [3.63, 3.8) is 0 Å². The van der Waals surface area contributed by atoms with Crippen LogP contribution in [0.2, 0.25) is 0 Å². The standard InChI is InChI=1S/C6H9O2P/c1-8-4-2-3-5-6(4)9(5)7/h4,9H,2-3H2,1H3. The van der Waals surface area contributed by atoms with Crippen molar-refractivity contribution in [2.24, 2.45) is 0 Å². The summed E-state index contributed by atoms with van der Waals surface area (Å²) in [5.74, 6) is 0. The molecule has 0 aromatic rings. The highest BCUT2D eigenvalue weighted by Crippen LogP contribution is 2.68. The van der Waals surface area contributed by atoms with Crippen LogP contribution in [0.3, 0.4) is 0 Å². The molecule has 1 heterocycles. The number of hydrogen-bond acceptors (Lipinski definition) is 2. The molecule has 0 fully saturated rings. The summed E-state index contributed by atoms with van der Waals surface area (Å²) < 4.78 is 16.0. The molecular formula is C6H9O2P. The van der Waals surface area contributed by atoms with Crippen LogP contribution in [0.5, 0.6) is 0 Å². The highest BCUT2D eigenvalue weighted by atomic mass is 31.1. The average molecular weight is 144 g/mol. The van der Waals surface area contributed by atoms with Gasteiger partial charge >= 0.3 is 0 Å². The molecule has 1 aliphatic carbocycles. The second kappa shape index (κ2) is 1.71. The van der Waals surface area contributed by atoms with Crippen LogP contribution < -0.4 is 0 Å². The van der Waals surface area contributed by atoms with E-state index in [9.17, 15) is 4.57 Å². The van der Waals surface area contributed by atoms with Gasteiger partial charge in [-0.1, -0.05) is 0 Å². The fourth-order valence-electron chi connectivity index (χ4n) is 1.47. The molecule has 2 nitrogen and oxygen atoms in total. The second-order valence-corrected chi connectivity index (χ2v) is 4.28. The number of ether oxygens (including phenoxy) is 1. The largest absolute Gasteiger partial charge is 0.377 e. The number of hydrogen-bond donors (Lipinski definition) is 0. The van der Waals surface area contributed by atoms with Gasteiger partial charge in [-0.25, -0.2) is 0 Å². The van der Waals surface area contributed by atoms with Crippen molar-refractivity contribution in [3.05, 3.63) is 10.6 Å². The smallest absolute Gasteiger partial charge is 0.127 e. The molecule has 9 heavy (non-hydrogen) atoms. The van der Waals surface area contributed by atoms with Crippen LogP contribution >= 0.6 is 7.80 Å². The minimum Gasteiger partial charge on any atom is -0.377 e. The molecule has 0 saturated carbocycles. The van der Waals surface area contributed by atoms with Gasteiger partial charge in [-0.05, 0) is 12.8 Å². The van der Waals surface area contributed by atoms with Crippen molar-refractivity contribution in [1.29, 1.82) is 0 Å². The Morgan fingerprint density at radius 3 is 2.89 bits per heavy atom. The molecule has 0 amide bonds. The van der Waals surface area contributed by atoms with E-state index in [-0.39, 0.29) is 6.10 Å². The highest BCUT2D eigenvalue weighted by molar-refractivity contribution is 7.62. The van der Waals surface area contributed by atoms with Crippen molar-refractivity contribution in [2.75, 3.05) is 7.11 Å². The zero-order chi connectivity index (χ0) is 6.43. The van der Waals surface area contributed by atoms with E-state index < -0.39 is 7.80 Å². The molecule has 2 unspecified atom stereocenters. The Labute approximate surface area is 54.7 Å². The first-order valence-corrected chi connectivity index (χ1v) is 4.56. The molecule has 0 aromatic heterocycles. The summed E-state index contributed by atoms with van der Waals surface area (Å²) in [6, 6.07) is 0. The first kappa shape index (κ1) is 5.70. The second-order valence-electron chi connectivity index (χ2n) is 2.48. The van der Waals surface area contributed by atoms with Crippen molar-refractivity contribution in [1.82, 2.24) is 0 Å². The molecule has 50 valence electrons. The molecule has 0 aromatic carbocycles. The van der Waals surface area contributed by atoms with Gasteiger partial charge in [-0.15, -0.1) is 0 Å². The lowest BCUT2D eigenvalue weighted by Gasteiger charge is -2.06. The quantitative estimate of drug-likeness (QED) is 0.522. The maximum Gasteiger partial charge on any atom is 0.127 e. The summed E-state index contributed by atoms with van der Waals surface area (Å²) >= 11 is 0. The van der Waals surface area contributed by atoms with Gasteiger partial charge in [0.1, 0.15) is 7.80 Å². The van der Waals surface area contributed by atoms with Crippen molar-refractivity contribution in [2.45, 2.75) is 18.9 Å². The Morgan fingerprint density at radius 1 is 1.78 bits per heavy atom. The first-order chi connectivity index (χ1) is 4.34. The Balaban J connectivity index is 2.17. The van der Waals surface area contributed by atoms with Gasteiger partial charge in [0.15, 0.2) is 0 Å². The van der Waals surface area contributed by atoms with E-state index in [0.717, 1.165) is 18.2 Å². The van der Waals surface area contributed by atoms with Crippen LogP contribution in [0.1, 0.15) is 12.8 Å². The van der Waals surface area contributed by atoms with Crippen LogP contribution in [-0.2, 0) is 9.30 Å². The predicted molar refractivity (Wildman–Crippen MR) is 36.1 cm³/mol. The number of methoxy groups -OCH3 is 1. The molecule has 0 radical (unpaired) electrons. The van der Waals surface area contributed by atoms with Crippen LogP contribution in [0.25, 0.3) is 0 Å². The van der Waals surface area contributed by atoms with Crippen molar-refractivity contribution < 1.29 is 9.30 Å². The lowest BCUT2D eigenvalue weighted by molar-refractivity contribution is 0.137. The topological polar surface area (TPSA) is 26.3 Å². The van der Waals surface area contributed by atoms with E-state index in [1.54, 1.807) is 7.11 Å². The van der Waals surface area contributed by atoms with E-state index in [0.29, 0.717) is 0 Å². The zero-order valence-corrected chi connectivity index (χ0v) is 6.31. The van der Waals surface area contributed by atoms with Gasteiger partial charge in [-0.2, -0.15) is 0 Å². The van der Waals surface area contributed by atoms with E-state index in [1.807, 2.05) is 0 Å². The van der Waals surface area contributed by atoms with E-state index in [4.69, 9.17) is 4.74 Å². The molecule has 0 spiro atoms. The third-order valence-electron chi connectivity index (χ3n) is 2.04. The third kappa shape index (κ3) is 0.637. The van der Waals surface area contributed by atoms with Crippen LogP contribution in [0.15, 0.2) is 10.6 Å². The van der Waals surface area contributed by atoms with Gasteiger partial charge in [0, 0.05) is 17.7 Å². The minimum atomic E-state index is -1.31. The number of rotatable bonds is 1. The molecule has 2 atom stereocenters. The molecule has 0 bridgehead atoms. The van der Waals surface area contributed by atoms with E-state index in [2.05, 4.69) is 0 Å². The maximum atomic E-state index is 10.9. The van der Waals surface area contributed by atoms with Crippen LogP contribution in [-0.4, -0.2) is 13.2 Å². The average Bonchev–Trinajstić information content (AvgIpc) is 2.41.